The molecule has 1 aromatic heterocycles. The molecule has 0 aliphatic heterocycles. The van der Waals surface area contributed by atoms with Crippen LogP contribution in [0, 0.1) is 0 Å². The number of nitrogens with zero attached hydrogens (tertiary/aromatic N) is 2. The van der Waals surface area contributed by atoms with Crippen LogP contribution in [0.3, 0.4) is 0 Å². The highest BCUT2D eigenvalue weighted by atomic mass is 35.5. The average Bonchev–Trinajstić information content (AvgIpc) is 2.46. The van der Waals surface area contributed by atoms with Gasteiger partial charge in [0, 0.05) is 6.07 Å². The van der Waals surface area contributed by atoms with Gasteiger partial charge in [-0.15, -0.1) is 0 Å². The fourth-order valence-electron chi connectivity index (χ4n) is 1.56. The Labute approximate surface area is 120 Å². The van der Waals surface area contributed by atoms with Crippen molar-refractivity contribution in [3.05, 3.63) is 47.1 Å². The Morgan fingerprint density at radius 1 is 1.35 bits per heavy atom. The van der Waals surface area contributed by atoms with E-state index in [0.717, 1.165) is 0 Å². The van der Waals surface area contributed by atoms with Crippen molar-refractivity contribution < 1.29 is 9.53 Å². The van der Waals surface area contributed by atoms with E-state index >= 15 is 0 Å². The molecule has 0 saturated carbocycles. The molecule has 0 saturated heterocycles. The molecular formula is C13H13ClN4O2. The zero-order valence-corrected chi connectivity index (χ0v) is 11.5. The van der Waals surface area contributed by atoms with E-state index in [2.05, 4.69) is 15.3 Å². The molecule has 1 atom stereocenters. The Morgan fingerprint density at radius 3 is 2.70 bits per heavy atom. The Hall–Kier alpha value is -2.18. The Morgan fingerprint density at radius 2 is 2.05 bits per heavy atom. The molecule has 7 heteroatoms. The van der Waals surface area contributed by atoms with Crippen LogP contribution in [-0.2, 0) is 4.79 Å². The van der Waals surface area contributed by atoms with Crippen LogP contribution in [0.15, 0.2) is 36.4 Å². The lowest BCUT2D eigenvalue weighted by Gasteiger charge is -2.12. The minimum absolute atomic E-state index is 0.0470. The third-order valence-corrected chi connectivity index (χ3v) is 2.75. The van der Waals surface area contributed by atoms with Gasteiger partial charge in [0.1, 0.15) is 11.2 Å². The summed E-state index contributed by atoms with van der Waals surface area (Å²) in [6.45, 7) is 0. The van der Waals surface area contributed by atoms with Gasteiger partial charge >= 0.3 is 0 Å². The van der Waals surface area contributed by atoms with Crippen LogP contribution < -0.4 is 15.8 Å². The third kappa shape index (κ3) is 3.43. The van der Waals surface area contributed by atoms with Crippen LogP contribution in [0.1, 0.15) is 11.6 Å². The molecule has 0 aliphatic carbocycles. The van der Waals surface area contributed by atoms with Gasteiger partial charge in [0.2, 0.25) is 17.7 Å². The summed E-state index contributed by atoms with van der Waals surface area (Å²) < 4.78 is 4.94. The number of rotatable bonds is 4. The zero-order chi connectivity index (χ0) is 14.5. The number of hydrogen-bond donors (Lipinski definition) is 2. The van der Waals surface area contributed by atoms with Gasteiger partial charge in [-0.25, -0.2) is 4.98 Å². The molecule has 0 fully saturated rings. The Balaban J connectivity index is 2.13. The van der Waals surface area contributed by atoms with Crippen molar-refractivity contribution in [2.45, 2.75) is 6.04 Å². The van der Waals surface area contributed by atoms with E-state index in [4.69, 9.17) is 22.1 Å². The van der Waals surface area contributed by atoms with Crippen molar-refractivity contribution >= 4 is 23.5 Å². The van der Waals surface area contributed by atoms with E-state index in [1.807, 2.05) is 6.07 Å². The number of halogens is 1. The first-order valence-corrected chi connectivity index (χ1v) is 6.18. The van der Waals surface area contributed by atoms with Crippen molar-refractivity contribution in [1.82, 2.24) is 9.97 Å². The number of benzene rings is 1. The van der Waals surface area contributed by atoms with Gasteiger partial charge in [0.05, 0.1) is 7.11 Å². The average molecular weight is 293 g/mol. The molecule has 20 heavy (non-hydrogen) atoms. The Bertz CT molecular complexity index is 607. The van der Waals surface area contributed by atoms with Crippen molar-refractivity contribution in [1.29, 1.82) is 0 Å². The van der Waals surface area contributed by atoms with E-state index in [-0.39, 0.29) is 17.0 Å². The van der Waals surface area contributed by atoms with Gasteiger partial charge in [-0.05, 0) is 5.56 Å². The highest BCUT2D eigenvalue weighted by molar-refractivity contribution is 6.29. The number of ether oxygens (including phenoxy) is 1. The molecule has 6 nitrogen and oxygen atoms in total. The molecule has 0 radical (unpaired) electrons. The van der Waals surface area contributed by atoms with Crippen molar-refractivity contribution in [2.75, 3.05) is 12.4 Å². The number of carbonyl (C=O) groups excluding carboxylic acids is 1. The maximum atomic E-state index is 12.0. The highest BCUT2D eigenvalue weighted by Gasteiger charge is 2.17. The predicted molar refractivity (Wildman–Crippen MR) is 75.6 cm³/mol. The van der Waals surface area contributed by atoms with Crippen LogP contribution >= 0.6 is 11.6 Å². The number of aromatic nitrogens is 2. The lowest BCUT2D eigenvalue weighted by molar-refractivity contribution is -0.117. The molecule has 0 bridgehead atoms. The second kappa shape index (κ2) is 6.31. The summed E-state index contributed by atoms with van der Waals surface area (Å²) in [4.78, 5) is 19.9. The second-order valence-electron chi connectivity index (χ2n) is 3.93. The smallest absolute Gasteiger partial charge is 0.248 e. The van der Waals surface area contributed by atoms with Gasteiger partial charge in [0.15, 0.2) is 0 Å². The first-order chi connectivity index (χ1) is 9.60. The third-order valence-electron chi connectivity index (χ3n) is 2.56. The van der Waals surface area contributed by atoms with Gasteiger partial charge < -0.3 is 10.5 Å². The van der Waals surface area contributed by atoms with Crippen LogP contribution in [-0.4, -0.2) is 23.0 Å². The van der Waals surface area contributed by atoms with Gasteiger partial charge in [0.25, 0.3) is 0 Å². The first kappa shape index (κ1) is 14.2. The maximum absolute atomic E-state index is 12.0. The Kier molecular flexibility index (Phi) is 4.49. The van der Waals surface area contributed by atoms with Gasteiger partial charge in [-0.2, -0.15) is 4.98 Å². The van der Waals surface area contributed by atoms with Crippen LogP contribution in [0.25, 0.3) is 0 Å². The summed E-state index contributed by atoms with van der Waals surface area (Å²) in [6, 6.07) is 9.62. The number of nitrogens with two attached hydrogens (primary N) is 1. The quantitative estimate of drug-likeness (QED) is 0.838. The lowest BCUT2D eigenvalue weighted by Crippen LogP contribution is -2.28. The van der Waals surface area contributed by atoms with Crippen LogP contribution in [0.2, 0.25) is 5.15 Å². The minimum atomic E-state index is -0.815. The predicted octanol–water partition coefficient (Wildman–Crippen LogP) is 1.78. The number of methoxy groups -OCH3 is 1. The molecule has 2 aromatic rings. The summed E-state index contributed by atoms with van der Waals surface area (Å²) in [6.07, 6.45) is 0. The summed E-state index contributed by atoms with van der Waals surface area (Å²) in [7, 11) is 1.44. The van der Waals surface area contributed by atoms with Gasteiger partial charge in [-0.3, -0.25) is 10.1 Å². The SMILES string of the molecule is COc1cc(Cl)nc(NC(=O)[C@H](N)c2ccccc2)n1. The van der Waals surface area contributed by atoms with Crippen molar-refractivity contribution in [2.24, 2.45) is 5.73 Å². The highest BCUT2D eigenvalue weighted by Crippen LogP contribution is 2.17. The van der Waals surface area contributed by atoms with E-state index < -0.39 is 11.9 Å². The number of carbonyl (C=O) groups is 1. The molecule has 0 aliphatic rings. The van der Waals surface area contributed by atoms with E-state index in [9.17, 15) is 4.79 Å². The van der Waals surface area contributed by atoms with Gasteiger partial charge in [-0.1, -0.05) is 41.9 Å². The van der Waals surface area contributed by atoms with E-state index in [0.29, 0.717) is 5.56 Å². The van der Waals surface area contributed by atoms with Crippen molar-refractivity contribution in [3.8, 4) is 5.88 Å². The van der Waals surface area contributed by atoms with Crippen LogP contribution in [0.5, 0.6) is 5.88 Å². The van der Waals surface area contributed by atoms with E-state index in [1.165, 1.54) is 13.2 Å². The first-order valence-electron chi connectivity index (χ1n) is 5.80. The molecular weight excluding hydrogens is 280 g/mol. The van der Waals surface area contributed by atoms with Crippen LogP contribution in [0.4, 0.5) is 5.95 Å². The molecule has 2 rings (SSSR count). The molecule has 1 heterocycles. The molecule has 104 valence electrons. The molecule has 3 N–H and O–H groups in total. The van der Waals surface area contributed by atoms with E-state index in [1.54, 1.807) is 24.3 Å². The lowest BCUT2D eigenvalue weighted by atomic mass is 10.1. The summed E-state index contributed by atoms with van der Waals surface area (Å²) in [5.74, 6) is -0.125. The molecule has 0 unspecified atom stereocenters. The number of hydrogen-bond acceptors (Lipinski definition) is 5. The number of nitrogens with one attached hydrogen (secondary N) is 1. The normalized spacial score (nSPS) is 11.8. The fraction of sp³-hybridized carbons (Fsp3) is 0.154. The second-order valence-corrected chi connectivity index (χ2v) is 4.32. The summed E-state index contributed by atoms with van der Waals surface area (Å²) >= 11 is 5.80. The largest absolute Gasteiger partial charge is 0.481 e. The minimum Gasteiger partial charge on any atom is -0.481 e. The number of anilines is 1. The topological polar surface area (TPSA) is 90.1 Å². The standard InChI is InChI=1S/C13H13ClN4O2/c1-20-10-7-9(14)16-13(17-10)18-12(19)11(15)8-5-3-2-4-6-8/h2-7,11H,15H2,1H3,(H,16,17,18,19)/t11-/m1/s1. The molecule has 1 amide bonds. The summed E-state index contributed by atoms with van der Waals surface area (Å²) in [5.41, 5.74) is 6.56. The monoisotopic (exact) mass is 292 g/mol. The zero-order valence-electron chi connectivity index (χ0n) is 10.7. The summed E-state index contributed by atoms with van der Waals surface area (Å²) in [5, 5.41) is 2.67. The fourth-order valence-corrected chi connectivity index (χ4v) is 1.73. The molecule has 1 aromatic carbocycles. The number of amides is 1. The van der Waals surface area contributed by atoms with Crippen molar-refractivity contribution in [3.63, 3.8) is 0 Å². The molecule has 0 spiro atoms. The maximum Gasteiger partial charge on any atom is 0.248 e.